The fraction of sp³-hybridized carbons (Fsp3) is 0.714. The summed E-state index contributed by atoms with van der Waals surface area (Å²) in [5.41, 5.74) is 4.00. The third-order valence-electron chi connectivity index (χ3n) is 4.10. The molecule has 1 spiro atoms. The predicted molar refractivity (Wildman–Crippen MR) is 62.3 cm³/mol. The maximum atomic E-state index is 2.51. The monoisotopic (exact) mass is 190 g/mol. The smallest absolute Gasteiger partial charge is 0.0220 e. The maximum Gasteiger partial charge on any atom is -0.0220 e. The van der Waals surface area contributed by atoms with Gasteiger partial charge in [-0.1, -0.05) is 30.2 Å². The molecule has 1 atom stereocenters. The molecule has 0 saturated heterocycles. The third-order valence-corrected chi connectivity index (χ3v) is 4.10. The van der Waals surface area contributed by atoms with Crippen molar-refractivity contribution in [1.29, 1.82) is 0 Å². The summed E-state index contributed by atoms with van der Waals surface area (Å²) < 4.78 is 0. The average molecular weight is 190 g/mol. The van der Waals surface area contributed by atoms with Gasteiger partial charge in [0.25, 0.3) is 0 Å². The zero-order chi connectivity index (χ0) is 10.0. The molecule has 2 rings (SSSR count). The highest BCUT2D eigenvalue weighted by molar-refractivity contribution is 5.17. The number of allylic oxidation sites excluding steroid dienone is 4. The fourth-order valence-electron chi connectivity index (χ4n) is 2.95. The zero-order valence-corrected chi connectivity index (χ0v) is 9.60. The molecule has 2 aliphatic carbocycles. The van der Waals surface area contributed by atoms with Crippen LogP contribution < -0.4 is 0 Å². The molecular weight excluding hydrogens is 168 g/mol. The van der Waals surface area contributed by atoms with Crippen LogP contribution in [0.5, 0.6) is 0 Å². The first-order chi connectivity index (χ1) is 6.74. The molecule has 1 unspecified atom stereocenters. The van der Waals surface area contributed by atoms with Crippen LogP contribution in [0, 0.1) is 5.41 Å². The fourth-order valence-corrected chi connectivity index (χ4v) is 2.95. The van der Waals surface area contributed by atoms with Crippen molar-refractivity contribution in [3.63, 3.8) is 0 Å². The first-order valence-electron chi connectivity index (χ1n) is 6.08. The highest BCUT2D eigenvalue weighted by atomic mass is 14.4. The van der Waals surface area contributed by atoms with Gasteiger partial charge in [-0.05, 0) is 57.3 Å². The van der Waals surface area contributed by atoms with E-state index in [1.165, 1.54) is 44.9 Å². The van der Waals surface area contributed by atoms with Crippen LogP contribution in [-0.2, 0) is 0 Å². The van der Waals surface area contributed by atoms with Crippen LogP contribution in [0.2, 0.25) is 0 Å². The van der Waals surface area contributed by atoms with Gasteiger partial charge in [0.2, 0.25) is 0 Å². The number of rotatable bonds is 1. The normalized spacial score (nSPS) is 32.7. The Hall–Kier alpha value is -0.520. The summed E-state index contributed by atoms with van der Waals surface area (Å²) in [6.45, 7) is 4.59. The van der Waals surface area contributed by atoms with Crippen molar-refractivity contribution in [1.82, 2.24) is 0 Å². The van der Waals surface area contributed by atoms with Crippen molar-refractivity contribution < 1.29 is 0 Å². The van der Waals surface area contributed by atoms with Gasteiger partial charge in [-0.25, -0.2) is 0 Å². The lowest BCUT2D eigenvalue weighted by atomic mass is 9.77. The lowest BCUT2D eigenvalue weighted by molar-refractivity contribution is 0.263. The number of hydrogen-bond donors (Lipinski definition) is 0. The van der Waals surface area contributed by atoms with Crippen LogP contribution in [0.15, 0.2) is 23.3 Å². The Bertz CT molecular complexity index is 270. The van der Waals surface area contributed by atoms with Gasteiger partial charge in [0.1, 0.15) is 0 Å². The topological polar surface area (TPSA) is 0 Å². The van der Waals surface area contributed by atoms with Crippen LogP contribution >= 0.6 is 0 Å². The van der Waals surface area contributed by atoms with Gasteiger partial charge < -0.3 is 0 Å². The Morgan fingerprint density at radius 3 is 2.86 bits per heavy atom. The maximum absolute atomic E-state index is 2.51. The Morgan fingerprint density at radius 1 is 1.29 bits per heavy atom. The third kappa shape index (κ3) is 1.94. The van der Waals surface area contributed by atoms with Crippen molar-refractivity contribution in [2.24, 2.45) is 5.41 Å². The van der Waals surface area contributed by atoms with E-state index in [1.807, 2.05) is 0 Å². The molecule has 78 valence electrons. The summed E-state index contributed by atoms with van der Waals surface area (Å²) in [6.07, 6.45) is 14.5. The minimum atomic E-state index is 0.666. The van der Waals surface area contributed by atoms with Crippen LogP contribution in [0.25, 0.3) is 0 Å². The van der Waals surface area contributed by atoms with Crippen molar-refractivity contribution in [2.75, 3.05) is 0 Å². The van der Waals surface area contributed by atoms with E-state index in [0.717, 1.165) is 0 Å². The summed E-state index contributed by atoms with van der Waals surface area (Å²) in [4.78, 5) is 0. The minimum absolute atomic E-state index is 0.666. The standard InChI is InChI=1S/C14H22/c1-3-13-7-10-14(11-13)8-4-5-12(2)6-9-14/h5,7H,3-4,6,8-11H2,1-2H3. The average Bonchev–Trinajstić information content (AvgIpc) is 2.50. The van der Waals surface area contributed by atoms with Crippen LogP contribution in [-0.4, -0.2) is 0 Å². The highest BCUT2D eigenvalue weighted by Gasteiger charge is 2.33. The number of hydrogen-bond acceptors (Lipinski definition) is 0. The van der Waals surface area contributed by atoms with Crippen molar-refractivity contribution >= 4 is 0 Å². The van der Waals surface area contributed by atoms with Crippen molar-refractivity contribution in [3.05, 3.63) is 23.3 Å². The second-order valence-electron chi connectivity index (χ2n) is 5.19. The molecule has 0 nitrogen and oxygen atoms in total. The van der Waals surface area contributed by atoms with Gasteiger partial charge in [0, 0.05) is 0 Å². The first-order valence-corrected chi connectivity index (χ1v) is 6.08. The van der Waals surface area contributed by atoms with E-state index in [-0.39, 0.29) is 0 Å². The highest BCUT2D eigenvalue weighted by Crippen LogP contribution is 2.47. The molecule has 0 saturated carbocycles. The molecule has 2 aliphatic rings. The molecule has 0 amide bonds. The molecular formula is C14H22. The summed E-state index contributed by atoms with van der Waals surface area (Å²) in [6, 6.07) is 0. The molecule has 14 heavy (non-hydrogen) atoms. The van der Waals surface area contributed by atoms with Crippen LogP contribution in [0.1, 0.15) is 58.8 Å². The van der Waals surface area contributed by atoms with Gasteiger partial charge in [-0.15, -0.1) is 0 Å². The quantitative estimate of drug-likeness (QED) is 0.529. The molecule has 0 heterocycles. The van der Waals surface area contributed by atoms with Crippen molar-refractivity contribution in [2.45, 2.75) is 58.8 Å². The summed E-state index contributed by atoms with van der Waals surface area (Å²) in [5, 5.41) is 0. The van der Waals surface area contributed by atoms with E-state index < -0.39 is 0 Å². The second-order valence-corrected chi connectivity index (χ2v) is 5.19. The van der Waals surface area contributed by atoms with Crippen LogP contribution in [0.4, 0.5) is 0 Å². The van der Waals surface area contributed by atoms with Gasteiger partial charge in [-0.3, -0.25) is 0 Å². The molecule has 0 aliphatic heterocycles. The van der Waals surface area contributed by atoms with E-state index in [9.17, 15) is 0 Å². The lowest BCUT2D eigenvalue weighted by Crippen LogP contribution is -2.16. The zero-order valence-electron chi connectivity index (χ0n) is 9.60. The summed E-state index contributed by atoms with van der Waals surface area (Å²) in [5.74, 6) is 0. The Kier molecular flexibility index (Phi) is 2.80. The van der Waals surface area contributed by atoms with Crippen molar-refractivity contribution in [3.8, 4) is 0 Å². The predicted octanol–water partition coefficient (Wildman–Crippen LogP) is 4.62. The summed E-state index contributed by atoms with van der Waals surface area (Å²) >= 11 is 0. The molecule has 0 aromatic carbocycles. The molecule has 0 aromatic heterocycles. The Morgan fingerprint density at radius 2 is 2.14 bits per heavy atom. The van der Waals surface area contributed by atoms with Gasteiger partial charge >= 0.3 is 0 Å². The Labute approximate surface area is 88.1 Å². The van der Waals surface area contributed by atoms with E-state index in [4.69, 9.17) is 0 Å². The summed E-state index contributed by atoms with van der Waals surface area (Å²) in [7, 11) is 0. The minimum Gasteiger partial charge on any atom is -0.0856 e. The van der Waals surface area contributed by atoms with E-state index >= 15 is 0 Å². The van der Waals surface area contributed by atoms with Gasteiger partial charge in [-0.2, -0.15) is 0 Å². The van der Waals surface area contributed by atoms with E-state index in [2.05, 4.69) is 26.0 Å². The first kappa shape index (κ1) is 10.0. The molecule has 0 aromatic rings. The van der Waals surface area contributed by atoms with Crippen LogP contribution in [0.3, 0.4) is 0 Å². The Balaban J connectivity index is 2.00. The largest absolute Gasteiger partial charge is 0.0856 e. The molecule has 0 fully saturated rings. The molecule has 0 N–H and O–H groups in total. The second kappa shape index (κ2) is 3.92. The van der Waals surface area contributed by atoms with E-state index in [1.54, 1.807) is 11.1 Å². The molecule has 0 bridgehead atoms. The lowest BCUT2D eigenvalue weighted by Gasteiger charge is -2.28. The van der Waals surface area contributed by atoms with Gasteiger partial charge in [0.05, 0.1) is 0 Å². The van der Waals surface area contributed by atoms with E-state index in [0.29, 0.717) is 5.41 Å². The molecule has 0 radical (unpaired) electrons. The molecule has 0 heteroatoms. The van der Waals surface area contributed by atoms with Gasteiger partial charge in [0.15, 0.2) is 0 Å². The SMILES string of the molecule is CCC1=CCC2(CCC=C(C)CC2)C1.